The molecule has 0 aromatic heterocycles. The van der Waals surface area contributed by atoms with Gasteiger partial charge in [-0.15, -0.1) is 0 Å². The molecule has 2 nitrogen and oxygen atoms in total. The molecule has 0 atom stereocenters. The van der Waals surface area contributed by atoms with Crippen molar-refractivity contribution in [1.29, 1.82) is 10.5 Å². The Hall–Kier alpha value is -2.38. The first kappa shape index (κ1) is 10.7. The average Bonchev–Trinajstić information content (AvgIpc) is 2.23. The molecule has 0 heterocycles. The molecular formula is C11H4F2N2. The maximum atomic E-state index is 13.1. The van der Waals surface area contributed by atoms with Gasteiger partial charge in [-0.2, -0.15) is 10.5 Å². The van der Waals surface area contributed by atoms with Crippen LogP contribution >= 0.6 is 0 Å². The highest BCUT2D eigenvalue weighted by molar-refractivity contribution is 5.42. The van der Waals surface area contributed by atoms with Crippen molar-refractivity contribution < 1.29 is 8.78 Å². The van der Waals surface area contributed by atoms with Gasteiger partial charge in [0.1, 0.15) is 17.7 Å². The Kier molecular flexibility index (Phi) is 3.38. The summed E-state index contributed by atoms with van der Waals surface area (Å²) < 4.78 is 26.2. The summed E-state index contributed by atoms with van der Waals surface area (Å²) in [6, 6.07) is 4.90. The molecule has 0 amide bonds. The van der Waals surface area contributed by atoms with E-state index in [0.29, 0.717) is 0 Å². The fourth-order valence-electron chi connectivity index (χ4n) is 0.907. The summed E-state index contributed by atoms with van der Waals surface area (Å²) in [7, 11) is 0. The first-order valence-corrected chi connectivity index (χ1v) is 3.94. The van der Waals surface area contributed by atoms with Gasteiger partial charge in [-0.1, -0.05) is 11.8 Å². The van der Waals surface area contributed by atoms with Crippen molar-refractivity contribution in [3.63, 3.8) is 0 Å². The Morgan fingerprint density at radius 3 is 2.27 bits per heavy atom. The van der Waals surface area contributed by atoms with E-state index in [4.69, 9.17) is 10.5 Å². The van der Waals surface area contributed by atoms with Crippen LogP contribution in [0.15, 0.2) is 12.1 Å². The smallest absolute Gasteiger partial charge is 0.142 e. The Balaban J connectivity index is 3.15. The van der Waals surface area contributed by atoms with E-state index >= 15 is 0 Å². The van der Waals surface area contributed by atoms with Crippen LogP contribution in [-0.4, -0.2) is 0 Å². The summed E-state index contributed by atoms with van der Waals surface area (Å²) in [6.45, 7) is 0. The minimum Gasteiger partial charge on any atom is -0.206 e. The molecule has 0 aliphatic rings. The van der Waals surface area contributed by atoms with Crippen molar-refractivity contribution in [3.8, 4) is 24.0 Å². The van der Waals surface area contributed by atoms with Gasteiger partial charge in [0.15, 0.2) is 0 Å². The maximum Gasteiger partial charge on any atom is 0.142 e. The Bertz CT molecular complexity index is 524. The highest BCUT2D eigenvalue weighted by atomic mass is 19.1. The van der Waals surface area contributed by atoms with Crippen LogP contribution in [0.2, 0.25) is 0 Å². The molecule has 0 aliphatic carbocycles. The van der Waals surface area contributed by atoms with Crippen LogP contribution in [0.4, 0.5) is 8.78 Å². The van der Waals surface area contributed by atoms with Crippen LogP contribution < -0.4 is 0 Å². The van der Waals surface area contributed by atoms with Gasteiger partial charge in [-0.3, -0.25) is 0 Å². The molecule has 0 aliphatic heterocycles. The highest BCUT2D eigenvalue weighted by Gasteiger charge is 2.07. The molecule has 0 bridgehead atoms. The topological polar surface area (TPSA) is 47.6 Å². The largest absolute Gasteiger partial charge is 0.206 e. The van der Waals surface area contributed by atoms with E-state index in [1.807, 2.05) is 0 Å². The molecule has 0 unspecified atom stereocenters. The van der Waals surface area contributed by atoms with Gasteiger partial charge < -0.3 is 0 Å². The molecule has 72 valence electrons. The average molecular weight is 202 g/mol. The Morgan fingerprint density at radius 1 is 1.07 bits per heavy atom. The molecule has 1 aromatic rings. The predicted octanol–water partition coefficient (Wildman–Crippen LogP) is 2.10. The number of hydrogen-bond acceptors (Lipinski definition) is 2. The fraction of sp³-hybridized carbons (Fsp3) is 0.0909. The number of hydrogen-bond donors (Lipinski definition) is 0. The van der Waals surface area contributed by atoms with Crippen LogP contribution in [0.1, 0.15) is 17.5 Å². The molecular weight excluding hydrogens is 198 g/mol. The Labute approximate surface area is 85.4 Å². The monoisotopic (exact) mass is 202 g/mol. The summed E-state index contributed by atoms with van der Waals surface area (Å²) in [5.74, 6) is 3.08. The van der Waals surface area contributed by atoms with Gasteiger partial charge in [0.25, 0.3) is 0 Å². The summed E-state index contributed by atoms with van der Waals surface area (Å²) in [5.41, 5.74) is -0.514. The van der Waals surface area contributed by atoms with Gasteiger partial charge in [-0.25, -0.2) is 8.78 Å². The van der Waals surface area contributed by atoms with E-state index in [2.05, 4.69) is 11.8 Å². The lowest BCUT2D eigenvalue weighted by Crippen LogP contribution is -1.91. The molecule has 0 saturated carbocycles. The number of benzene rings is 1. The SMILES string of the molecule is N#CCC#Cc1cc(F)c(C#N)cc1F. The minimum atomic E-state index is -0.819. The van der Waals surface area contributed by atoms with Gasteiger partial charge in [-0.05, 0) is 12.1 Å². The van der Waals surface area contributed by atoms with Crippen LogP contribution in [0.25, 0.3) is 0 Å². The second-order valence-electron chi connectivity index (χ2n) is 2.56. The van der Waals surface area contributed by atoms with Crippen molar-refractivity contribution in [2.24, 2.45) is 0 Å². The maximum absolute atomic E-state index is 13.1. The lowest BCUT2D eigenvalue weighted by atomic mass is 10.1. The first-order valence-electron chi connectivity index (χ1n) is 3.94. The Morgan fingerprint density at radius 2 is 1.67 bits per heavy atom. The summed E-state index contributed by atoms with van der Waals surface area (Å²) in [5, 5.41) is 16.6. The highest BCUT2D eigenvalue weighted by Crippen LogP contribution is 2.13. The summed E-state index contributed by atoms with van der Waals surface area (Å²) in [4.78, 5) is 0. The minimum absolute atomic E-state index is 0.0545. The van der Waals surface area contributed by atoms with Gasteiger partial charge in [0.05, 0.1) is 23.6 Å². The molecule has 0 radical (unpaired) electrons. The zero-order chi connectivity index (χ0) is 11.3. The fourth-order valence-corrected chi connectivity index (χ4v) is 0.907. The van der Waals surface area contributed by atoms with Crippen molar-refractivity contribution in [2.45, 2.75) is 6.42 Å². The normalized spacial score (nSPS) is 8.27. The van der Waals surface area contributed by atoms with Gasteiger partial charge >= 0.3 is 0 Å². The summed E-state index contributed by atoms with van der Waals surface area (Å²) in [6.07, 6.45) is -0.0545. The van der Waals surface area contributed by atoms with Gasteiger partial charge in [0, 0.05) is 0 Å². The van der Waals surface area contributed by atoms with E-state index in [9.17, 15) is 8.78 Å². The zero-order valence-corrected chi connectivity index (χ0v) is 7.51. The van der Waals surface area contributed by atoms with E-state index in [1.54, 1.807) is 6.07 Å². The molecule has 1 rings (SSSR count). The molecule has 0 saturated heterocycles. The van der Waals surface area contributed by atoms with E-state index in [0.717, 1.165) is 12.1 Å². The van der Waals surface area contributed by atoms with Gasteiger partial charge in [0.2, 0.25) is 0 Å². The van der Waals surface area contributed by atoms with E-state index in [1.165, 1.54) is 6.07 Å². The number of nitrogens with zero attached hydrogens (tertiary/aromatic N) is 2. The van der Waals surface area contributed by atoms with Crippen LogP contribution in [0, 0.1) is 46.1 Å². The van der Waals surface area contributed by atoms with Crippen molar-refractivity contribution in [3.05, 3.63) is 34.9 Å². The molecule has 0 spiro atoms. The molecule has 1 aromatic carbocycles. The molecule has 0 N–H and O–H groups in total. The lowest BCUT2D eigenvalue weighted by Gasteiger charge is -1.96. The second kappa shape index (κ2) is 4.74. The number of halogens is 2. The molecule has 4 heteroatoms. The number of nitriles is 2. The van der Waals surface area contributed by atoms with Crippen molar-refractivity contribution in [1.82, 2.24) is 0 Å². The lowest BCUT2D eigenvalue weighted by molar-refractivity contribution is 0.594. The predicted molar refractivity (Wildman–Crippen MR) is 48.2 cm³/mol. The zero-order valence-electron chi connectivity index (χ0n) is 7.51. The van der Waals surface area contributed by atoms with E-state index in [-0.39, 0.29) is 17.5 Å². The molecule has 0 fully saturated rings. The number of rotatable bonds is 0. The second-order valence-corrected chi connectivity index (χ2v) is 2.56. The third-order valence-electron chi connectivity index (χ3n) is 1.57. The quantitative estimate of drug-likeness (QED) is 0.605. The van der Waals surface area contributed by atoms with Crippen molar-refractivity contribution in [2.75, 3.05) is 0 Å². The van der Waals surface area contributed by atoms with Crippen LogP contribution in [0.3, 0.4) is 0 Å². The summed E-state index contributed by atoms with van der Waals surface area (Å²) >= 11 is 0. The first-order chi connectivity index (χ1) is 7.19. The van der Waals surface area contributed by atoms with Crippen LogP contribution in [0.5, 0.6) is 0 Å². The van der Waals surface area contributed by atoms with E-state index < -0.39 is 11.6 Å². The van der Waals surface area contributed by atoms with Crippen LogP contribution in [-0.2, 0) is 0 Å². The third-order valence-corrected chi connectivity index (χ3v) is 1.57. The molecule has 15 heavy (non-hydrogen) atoms. The standard InChI is InChI=1S/C11H4F2N2/c12-10-6-9(7-15)11(13)5-8(10)3-1-2-4-14/h5-6H,2H2. The third kappa shape index (κ3) is 2.53. The van der Waals surface area contributed by atoms with Crippen molar-refractivity contribution >= 4 is 0 Å².